The van der Waals surface area contributed by atoms with Gasteiger partial charge in [-0.15, -0.1) is 0 Å². The molecule has 0 aliphatic rings. The van der Waals surface area contributed by atoms with Crippen LogP contribution in [0.25, 0.3) is 0 Å². The number of hydrogen-bond donors (Lipinski definition) is 2. The third-order valence-electron chi connectivity index (χ3n) is 3.66. The Hall–Kier alpha value is -2.13. The summed E-state index contributed by atoms with van der Waals surface area (Å²) in [5, 5.41) is 3.05. The molecule has 0 aliphatic heterocycles. The van der Waals surface area contributed by atoms with Crippen molar-refractivity contribution in [2.45, 2.75) is 25.8 Å². The Morgan fingerprint density at radius 3 is 2.38 bits per heavy atom. The van der Waals surface area contributed by atoms with Crippen LogP contribution in [0.15, 0.2) is 54.6 Å². The van der Waals surface area contributed by atoms with Crippen LogP contribution in [0.3, 0.4) is 0 Å². The van der Waals surface area contributed by atoms with Crippen molar-refractivity contribution in [1.29, 1.82) is 0 Å². The first-order chi connectivity index (χ1) is 10.1. The van der Waals surface area contributed by atoms with Crippen LogP contribution in [-0.4, -0.2) is 12.5 Å². The second-order valence-corrected chi connectivity index (χ2v) is 5.34. The van der Waals surface area contributed by atoms with Gasteiger partial charge in [-0.25, -0.2) is 0 Å². The Labute approximate surface area is 126 Å². The number of nitrogens with one attached hydrogen (secondary N) is 1. The van der Waals surface area contributed by atoms with E-state index in [4.69, 9.17) is 5.73 Å². The molecule has 1 unspecified atom stereocenters. The van der Waals surface area contributed by atoms with Crippen molar-refractivity contribution in [2.75, 3.05) is 6.54 Å². The number of rotatable bonds is 5. The van der Waals surface area contributed by atoms with E-state index in [9.17, 15) is 4.79 Å². The highest BCUT2D eigenvalue weighted by molar-refractivity contribution is 5.84. The topological polar surface area (TPSA) is 55.1 Å². The molecule has 0 fully saturated rings. The van der Waals surface area contributed by atoms with Crippen LogP contribution in [0.4, 0.5) is 0 Å². The number of carbonyl (C=O) groups excluding carboxylic acids is 1. The largest absolute Gasteiger partial charge is 0.349 e. The molecule has 3 heteroatoms. The molecule has 2 aromatic rings. The van der Waals surface area contributed by atoms with Gasteiger partial charge in [0.2, 0.25) is 5.91 Å². The van der Waals surface area contributed by atoms with E-state index in [0.717, 1.165) is 11.1 Å². The lowest BCUT2D eigenvalue weighted by atomic mass is 9.97. The van der Waals surface area contributed by atoms with Gasteiger partial charge in [0.15, 0.2) is 0 Å². The Balaban J connectivity index is 2.09. The molecule has 0 aliphatic carbocycles. The molecule has 0 saturated heterocycles. The van der Waals surface area contributed by atoms with Crippen LogP contribution in [-0.2, 0) is 4.79 Å². The lowest BCUT2D eigenvalue weighted by Crippen LogP contribution is -2.35. The van der Waals surface area contributed by atoms with E-state index < -0.39 is 0 Å². The fourth-order valence-electron chi connectivity index (χ4n) is 2.42. The van der Waals surface area contributed by atoms with Gasteiger partial charge >= 0.3 is 0 Å². The van der Waals surface area contributed by atoms with E-state index in [-0.39, 0.29) is 17.9 Å². The minimum Gasteiger partial charge on any atom is -0.349 e. The lowest BCUT2D eigenvalue weighted by Gasteiger charge is -2.20. The SMILES string of the molecule is Cc1cccc([C@H](C)NC(=O)C(CN)c2ccccc2)c1. The van der Waals surface area contributed by atoms with E-state index in [1.54, 1.807) is 0 Å². The highest BCUT2D eigenvalue weighted by atomic mass is 16.1. The van der Waals surface area contributed by atoms with Gasteiger partial charge < -0.3 is 11.1 Å². The number of aryl methyl sites for hydroxylation is 1. The molecule has 2 atom stereocenters. The second-order valence-electron chi connectivity index (χ2n) is 5.34. The zero-order valence-electron chi connectivity index (χ0n) is 12.5. The molecule has 0 heterocycles. The maximum Gasteiger partial charge on any atom is 0.229 e. The fraction of sp³-hybridized carbons (Fsp3) is 0.278. The summed E-state index contributed by atoms with van der Waals surface area (Å²) in [6, 6.07) is 17.8. The van der Waals surface area contributed by atoms with Gasteiger partial charge in [0.1, 0.15) is 0 Å². The third-order valence-corrected chi connectivity index (χ3v) is 3.66. The Kier molecular flexibility index (Phi) is 5.12. The van der Waals surface area contributed by atoms with Crippen molar-refractivity contribution < 1.29 is 4.79 Å². The zero-order valence-corrected chi connectivity index (χ0v) is 12.5. The van der Waals surface area contributed by atoms with Crippen molar-refractivity contribution in [3.63, 3.8) is 0 Å². The molecule has 0 spiro atoms. The molecule has 0 aromatic heterocycles. The van der Waals surface area contributed by atoms with Crippen LogP contribution < -0.4 is 11.1 Å². The number of amides is 1. The summed E-state index contributed by atoms with van der Waals surface area (Å²) in [6.45, 7) is 4.34. The summed E-state index contributed by atoms with van der Waals surface area (Å²) in [6.07, 6.45) is 0. The third kappa shape index (κ3) is 3.92. The van der Waals surface area contributed by atoms with Crippen LogP contribution in [0.2, 0.25) is 0 Å². The Morgan fingerprint density at radius 1 is 1.10 bits per heavy atom. The van der Waals surface area contributed by atoms with E-state index >= 15 is 0 Å². The predicted molar refractivity (Wildman–Crippen MR) is 86.0 cm³/mol. The number of hydrogen-bond acceptors (Lipinski definition) is 2. The molecule has 0 bridgehead atoms. The van der Waals surface area contributed by atoms with Gasteiger partial charge in [-0.2, -0.15) is 0 Å². The lowest BCUT2D eigenvalue weighted by molar-refractivity contribution is -0.123. The standard InChI is InChI=1S/C18H22N2O/c1-13-7-6-10-16(11-13)14(2)20-18(21)17(12-19)15-8-4-3-5-9-15/h3-11,14,17H,12,19H2,1-2H3,(H,20,21)/t14-,17?/m0/s1. The Bertz CT molecular complexity index is 595. The van der Waals surface area contributed by atoms with E-state index in [0.29, 0.717) is 6.54 Å². The summed E-state index contributed by atoms with van der Waals surface area (Å²) in [7, 11) is 0. The fourth-order valence-corrected chi connectivity index (χ4v) is 2.42. The van der Waals surface area contributed by atoms with Gasteiger partial charge in [-0.3, -0.25) is 4.79 Å². The summed E-state index contributed by atoms with van der Waals surface area (Å²) >= 11 is 0. The first-order valence-corrected chi connectivity index (χ1v) is 7.23. The van der Waals surface area contributed by atoms with Crippen LogP contribution in [0.5, 0.6) is 0 Å². The van der Waals surface area contributed by atoms with Crippen LogP contribution in [0, 0.1) is 6.92 Å². The number of nitrogens with two attached hydrogens (primary N) is 1. The van der Waals surface area contributed by atoms with Gasteiger partial charge in [-0.05, 0) is 25.0 Å². The average molecular weight is 282 g/mol. The maximum atomic E-state index is 12.5. The zero-order chi connectivity index (χ0) is 15.2. The molecule has 0 saturated carbocycles. The molecule has 110 valence electrons. The molecule has 1 amide bonds. The van der Waals surface area contributed by atoms with Gasteiger partial charge in [0.05, 0.1) is 12.0 Å². The first kappa shape index (κ1) is 15.3. The van der Waals surface area contributed by atoms with Gasteiger partial charge in [0.25, 0.3) is 0 Å². The first-order valence-electron chi connectivity index (χ1n) is 7.23. The quantitative estimate of drug-likeness (QED) is 0.886. The van der Waals surface area contributed by atoms with E-state index in [1.165, 1.54) is 5.56 Å². The van der Waals surface area contributed by atoms with Crippen molar-refractivity contribution >= 4 is 5.91 Å². The number of benzene rings is 2. The van der Waals surface area contributed by atoms with Crippen molar-refractivity contribution in [2.24, 2.45) is 5.73 Å². The minimum atomic E-state index is -0.307. The minimum absolute atomic E-state index is 0.0299. The summed E-state index contributed by atoms with van der Waals surface area (Å²) in [4.78, 5) is 12.5. The van der Waals surface area contributed by atoms with E-state index in [2.05, 4.69) is 11.4 Å². The average Bonchev–Trinajstić information content (AvgIpc) is 2.49. The molecule has 2 aromatic carbocycles. The molecule has 21 heavy (non-hydrogen) atoms. The second kappa shape index (κ2) is 7.04. The summed E-state index contributed by atoms with van der Waals surface area (Å²) in [5.41, 5.74) is 9.03. The van der Waals surface area contributed by atoms with Crippen molar-refractivity contribution in [3.05, 3.63) is 71.3 Å². The smallest absolute Gasteiger partial charge is 0.229 e. The molecule has 3 N–H and O–H groups in total. The normalized spacial score (nSPS) is 13.5. The molecular weight excluding hydrogens is 260 g/mol. The van der Waals surface area contributed by atoms with Crippen molar-refractivity contribution in [3.8, 4) is 0 Å². The maximum absolute atomic E-state index is 12.5. The van der Waals surface area contributed by atoms with Crippen LogP contribution in [0.1, 0.15) is 35.6 Å². The summed E-state index contributed by atoms with van der Waals surface area (Å²) < 4.78 is 0. The molecular formula is C18H22N2O. The highest BCUT2D eigenvalue weighted by Crippen LogP contribution is 2.18. The molecule has 2 rings (SSSR count). The van der Waals surface area contributed by atoms with Crippen LogP contribution >= 0.6 is 0 Å². The molecule has 0 radical (unpaired) electrons. The monoisotopic (exact) mass is 282 g/mol. The van der Waals surface area contributed by atoms with Gasteiger partial charge in [-0.1, -0.05) is 60.2 Å². The Morgan fingerprint density at radius 2 is 1.76 bits per heavy atom. The van der Waals surface area contributed by atoms with E-state index in [1.807, 2.05) is 62.4 Å². The molecule has 3 nitrogen and oxygen atoms in total. The summed E-state index contributed by atoms with van der Waals surface area (Å²) in [5.74, 6) is -0.337. The highest BCUT2D eigenvalue weighted by Gasteiger charge is 2.20. The number of carbonyl (C=O) groups is 1. The van der Waals surface area contributed by atoms with Gasteiger partial charge in [0, 0.05) is 6.54 Å². The predicted octanol–water partition coefficient (Wildman–Crippen LogP) is 2.91. The van der Waals surface area contributed by atoms with Crippen molar-refractivity contribution in [1.82, 2.24) is 5.32 Å².